The number of methoxy groups -OCH3 is 1. The first-order valence-electron chi connectivity index (χ1n) is 8.03. The molecule has 1 saturated carbocycles. The number of halogens is 1. The van der Waals surface area contributed by atoms with E-state index in [9.17, 15) is 9.18 Å². The molecule has 23 heavy (non-hydrogen) atoms. The minimum atomic E-state index is -0.476. The Labute approximate surface area is 135 Å². The molecule has 2 bridgehead atoms. The molecular formula is C17H22FNO4. The standard InChI is InChI=1S/C17H22FNO4/c1-3-22-16-13-6-7-14(16)23-9-8-19(13)17(20)11-4-5-12(18)15(10-11)21-2/h4-5,10,13-14,16H,3,6-9H2,1-2H3/t13-,14-,16+/m1/s1. The van der Waals surface area contributed by atoms with Crippen LogP contribution in [0.15, 0.2) is 18.2 Å². The van der Waals surface area contributed by atoms with Gasteiger partial charge in [0.05, 0.1) is 25.9 Å². The minimum Gasteiger partial charge on any atom is -0.494 e. The lowest BCUT2D eigenvalue weighted by atomic mass is 10.1. The van der Waals surface area contributed by atoms with Gasteiger partial charge in [-0.2, -0.15) is 0 Å². The van der Waals surface area contributed by atoms with Crippen LogP contribution >= 0.6 is 0 Å². The number of ether oxygens (including phenoxy) is 3. The van der Waals surface area contributed by atoms with Gasteiger partial charge in [0.2, 0.25) is 0 Å². The van der Waals surface area contributed by atoms with Crippen LogP contribution in [0.25, 0.3) is 0 Å². The second-order valence-electron chi connectivity index (χ2n) is 5.82. The molecular weight excluding hydrogens is 301 g/mol. The Morgan fingerprint density at radius 1 is 1.43 bits per heavy atom. The van der Waals surface area contributed by atoms with Gasteiger partial charge in [-0.05, 0) is 38.0 Å². The molecule has 126 valence electrons. The van der Waals surface area contributed by atoms with Gasteiger partial charge >= 0.3 is 0 Å². The Kier molecular flexibility index (Phi) is 4.82. The third-order valence-electron chi connectivity index (χ3n) is 4.58. The first kappa shape index (κ1) is 16.2. The molecule has 3 rings (SSSR count). The van der Waals surface area contributed by atoms with E-state index >= 15 is 0 Å². The molecule has 3 atom stereocenters. The summed E-state index contributed by atoms with van der Waals surface area (Å²) in [5, 5.41) is 0. The summed E-state index contributed by atoms with van der Waals surface area (Å²) in [7, 11) is 1.39. The van der Waals surface area contributed by atoms with Gasteiger partial charge in [-0.15, -0.1) is 0 Å². The van der Waals surface area contributed by atoms with Crippen molar-refractivity contribution in [2.24, 2.45) is 0 Å². The van der Waals surface area contributed by atoms with Crippen molar-refractivity contribution in [3.63, 3.8) is 0 Å². The smallest absolute Gasteiger partial charge is 0.254 e. The molecule has 2 fully saturated rings. The Balaban J connectivity index is 1.85. The van der Waals surface area contributed by atoms with Crippen molar-refractivity contribution < 1.29 is 23.4 Å². The molecule has 6 heteroatoms. The summed E-state index contributed by atoms with van der Waals surface area (Å²) in [5.41, 5.74) is 0.420. The molecule has 1 saturated heterocycles. The van der Waals surface area contributed by atoms with E-state index in [-0.39, 0.29) is 29.9 Å². The quantitative estimate of drug-likeness (QED) is 0.853. The molecule has 1 amide bonds. The van der Waals surface area contributed by atoms with Gasteiger partial charge in [-0.25, -0.2) is 4.39 Å². The van der Waals surface area contributed by atoms with Crippen LogP contribution in [-0.4, -0.2) is 55.9 Å². The fraction of sp³-hybridized carbons (Fsp3) is 0.588. The number of nitrogens with zero attached hydrogens (tertiary/aromatic N) is 1. The molecule has 1 heterocycles. The SMILES string of the molecule is CCO[C@H]1[C@H]2CC[C@H]1OCCN2C(=O)c1ccc(F)c(OC)c1. The van der Waals surface area contributed by atoms with Crippen LogP contribution in [0, 0.1) is 5.82 Å². The Morgan fingerprint density at radius 3 is 3.00 bits per heavy atom. The van der Waals surface area contributed by atoms with E-state index < -0.39 is 5.82 Å². The van der Waals surface area contributed by atoms with E-state index in [0.717, 1.165) is 12.8 Å². The van der Waals surface area contributed by atoms with Crippen molar-refractivity contribution in [3.05, 3.63) is 29.6 Å². The average molecular weight is 323 g/mol. The van der Waals surface area contributed by atoms with Crippen molar-refractivity contribution in [1.29, 1.82) is 0 Å². The van der Waals surface area contributed by atoms with E-state index in [1.54, 1.807) is 4.90 Å². The van der Waals surface area contributed by atoms with Crippen LogP contribution < -0.4 is 4.74 Å². The van der Waals surface area contributed by atoms with Gasteiger partial charge in [0.25, 0.3) is 5.91 Å². The molecule has 5 nitrogen and oxygen atoms in total. The number of benzene rings is 1. The van der Waals surface area contributed by atoms with Crippen molar-refractivity contribution in [1.82, 2.24) is 4.90 Å². The zero-order valence-corrected chi connectivity index (χ0v) is 13.5. The number of carbonyl (C=O) groups is 1. The number of hydrogen-bond acceptors (Lipinski definition) is 4. The molecule has 0 radical (unpaired) electrons. The fourth-order valence-electron chi connectivity index (χ4n) is 3.51. The third kappa shape index (κ3) is 3.05. The van der Waals surface area contributed by atoms with Gasteiger partial charge in [0.1, 0.15) is 6.10 Å². The number of rotatable bonds is 4. The molecule has 0 unspecified atom stereocenters. The van der Waals surface area contributed by atoms with Gasteiger partial charge in [-0.1, -0.05) is 0 Å². The van der Waals surface area contributed by atoms with Gasteiger partial charge < -0.3 is 19.1 Å². The fourth-order valence-corrected chi connectivity index (χ4v) is 3.51. The molecule has 1 aromatic carbocycles. The average Bonchev–Trinajstić information content (AvgIpc) is 2.83. The lowest BCUT2D eigenvalue weighted by Gasteiger charge is -2.31. The molecule has 1 aliphatic heterocycles. The Morgan fingerprint density at radius 2 is 2.26 bits per heavy atom. The second-order valence-corrected chi connectivity index (χ2v) is 5.82. The molecule has 2 aliphatic rings. The second kappa shape index (κ2) is 6.84. The van der Waals surface area contributed by atoms with Crippen LogP contribution in [-0.2, 0) is 9.47 Å². The first-order valence-corrected chi connectivity index (χ1v) is 8.03. The molecule has 1 aromatic rings. The zero-order valence-electron chi connectivity index (χ0n) is 13.5. The number of hydrogen-bond donors (Lipinski definition) is 0. The summed E-state index contributed by atoms with van der Waals surface area (Å²) in [6.45, 7) is 3.55. The summed E-state index contributed by atoms with van der Waals surface area (Å²) in [6.07, 6.45) is 1.72. The molecule has 1 aliphatic carbocycles. The maximum absolute atomic E-state index is 13.6. The van der Waals surface area contributed by atoms with Crippen molar-refractivity contribution in [3.8, 4) is 5.75 Å². The maximum atomic E-state index is 13.6. The van der Waals surface area contributed by atoms with E-state index in [0.29, 0.717) is 25.3 Å². The first-order chi connectivity index (χ1) is 11.2. The van der Waals surface area contributed by atoms with Gasteiger partial charge in [0, 0.05) is 18.7 Å². The largest absolute Gasteiger partial charge is 0.494 e. The predicted molar refractivity (Wildman–Crippen MR) is 82.2 cm³/mol. The molecule has 0 spiro atoms. The highest BCUT2D eigenvalue weighted by Gasteiger charge is 2.44. The highest BCUT2D eigenvalue weighted by Crippen LogP contribution is 2.33. The number of carbonyl (C=O) groups excluding carboxylic acids is 1. The van der Waals surface area contributed by atoms with E-state index in [1.165, 1.54) is 25.3 Å². The summed E-state index contributed by atoms with van der Waals surface area (Å²) in [6, 6.07) is 4.21. The minimum absolute atomic E-state index is 0.00555. The monoisotopic (exact) mass is 323 g/mol. The summed E-state index contributed by atoms with van der Waals surface area (Å²) in [4.78, 5) is 14.7. The van der Waals surface area contributed by atoms with Crippen LogP contribution in [0.1, 0.15) is 30.1 Å². The van der Waals surface area contributed by atoms with Crippen LogP contribution in [0.5, 0.6) is 5.75 Å². The van der Waals surface area contributed by atoms with Gasteiger partial charge in [-0.3, -0.25) is 4.79 Å². The highest BCUT2D eigenvalue weighted by atomic mass is 19.1. The van der Waals surface area contributed by atoms with Crippen molar-refractivity contribution in [2.75, 3.05) is 26.9 Å². The summed E-state index contributed by atoms with van der Waals surface area (Å²) < 4.78 is 30.2. The Hall–Kier alpha value is -1.66. The Bertz CT molecular complexity index is 580. The predicted octanol–water partition coefficient (Wildman–Crippen LogP) is 2.24. The normalized spacial score (nSPS) is 26.9. The third-order valence-corrected chi connectivity index (χ3v) is 4.58. The van der Waals surface area contributed by atoms with Crippen molar-refractivity contribution >= 4 is 5.91 Å². The summed E-state index contributed by atoms with van der Waals surface area (Å²) >= 11 is 0. The van der Waals surface area contributed by atoms with Crippen LogP contribution in [0.3, 0.4) is 0 Å². The summed E-state index contributed by atoms with van der Waals surface area (Å²) in [5.74, 6) is -0.534. The van der Waals surface area contributed by atoms with Crippen LogP contribution in [0.2, 0.25) is 0 Å². The molecule has 0 N–H and O–H groups in total. The van der Waals surface area contributed by atoms with Gasteiger partial charge in [0.15, 0.2) is 11.6 Å². The molecule has 0 aromatic heterocycles. The van der Waals surface area contributed by atoms with E-state index in [2.05, 4.69) is 0 Å². The topological polar surface area (TPSA) is 48.0 Å². The van der Waals surface area contributed by atoms with E-state index in [1.807, 2.05) is 6.92 Å². The van der Waals surface area contributed by atoms with E-state index in [4.69, 9.17) is 14.2 Å². The zero-order chi connectivity index (χ0) is 16.4. The lowest BCUT2D eigenvalue weighted by molar-refractivity contribution is -0.0484. The number of fused-ring (bicyclic) bond motifs is 2. The highest BCUT2D eigenvalue weighted by molar-refractivity contribution is 5.95. The van der Waals surface area contributed by atoms with Crippen LogP contribution in [0.4, 0.5) is 4.39 Å². The maximum Gasteiger partial charge on any atom is 0.254 e. The van der Waals surface area contributed by atoms with Crippen molar-refractivity contribution in [2.45, 2.75) is 38.0 Å². The lowest BCUT2D eigenvalue weighted by Crippen LogP contribution is -2.46. The number of amides is 1.